The van der Waals surface area contributed by atoms with E-state index in [1.807, 2.05) is 30.3 Å². The van der Waals surface area contributed by atoms with Crippen LogP contribution in [0.3, 0.4) is 0 Å². The summed E-state index contributed by atoms with van der Waals surface area (Å²) >= 11 is 1.30. The van der Waals surface area contributed by atoms with Crippen molar-refractivity contribution in [3.63, 3.8) is 0 Å². The third-order valence-electron chi connectivity index (χ3n) is 2.57. The Morgan fingerprint density at radius 3 is 2.42 bits per heavy atom. The van der Waals surface area contributed by atoms with Crippen molar-refractivity contribution in [1.82, 2.24) is 9.97 Å². The number of para-hydroxylation sites is 2. The summed E-state index contributed by atoms with van der Waals surface area (Å²) in [5, 5.41) is 0.587. The fourth-order valence-electron chi connectivity index (χ4n) is 1.71. The molecule has 3 nitrogen and oxygen atoms in total. The SMILES string of the molecule is Nc1nc2ccccc2nc1Sc1cccc(F)c1. The van der Waals surface area contributed by atoms with Gasteiger partial charge in [-0.1, -0.05) is 30.0 Å². The summed E-state index contributed by atoms with van der Waals surface area (Å²) in [5.74, 6) is 0.0743. The zero-order chi connectivity index (χ0) is 13.2. The van der Waals surface area contributed by atoms with E-state index in [0.29, 0.717) is 10.8 Å². The molecule has 5 heteroatoms. The first-order valence-corrected chi connectivity index (χ1v) is 6.50. The fourth-order valence-corrected chi connectivity index (χ4v) is 2.55. The molecule has 19 heavy (non-hydrogen) atoms. The molecule has 2 N–H and O–H groups in total. The monoisotopic (exact) mass is 271 g/mol. The molecule has 1 aromatic heterocycles. The molecule has 0 bridgehead atoms. The number of hydrogen-bond donors (Lipinski definition) is 1. The van der Waals surface area contributed by atoms with Gasteiger partial charge >= 0.3 is 0 Å². The van der Waals surface area contributed by atoms with Gasteiger partial charge in [-0.3, -0.25) is 0 Å². The Balaban J connectivity index is 2.03. The van der Waals surface area contributed by atoms with E-state index in [1.54, 1.807) is 6.07 Å². The van der Waals surface area contributed by atoms with Crippen LogP contribution in [0, 0.1) is 5.82 Å². The number of aromatic nitrogens is 2. The summed E-state index contributed by atoms with van der Waals surface area (Å²) in [6.07, 6.45) is 0. The molecule has 1 heterocycles. The Labute approximate surface area is 113 Å². The zero-order valence-corrected chi connectivity index (χ0v) is 10.7. The van der Waals surface area contributed by atoms with Gasteiger partial charge in [0.2, 0.25) is 0 Å². The molecular formula is C14H10FN3S. The summed E-state index contributed by atoms with van der Waals surface area (Å²) < 4.78 is 13.1. The molecule has 0 amide bonds. The molecular weight excluding hydrogens is 261 g/mol. The van der Waals surface area contributed by atoms with Gasteiger partial charge in [-0.05, 0) is 30.3 Å². The third kappa shape index (κ3) is 2.51. The van der Waals surface area contributed by atoms with Crippen LogP contribution < -0.4 is 5.73 Å². The van der Waals surface area contributed by atoms with Crippen molar-refractivity contribution in [3.8, 4) is 0 Å². The maximum atomic E-state index is 13.1. The maximum Gasteiger partial charge on any atom is 0.157 e. The Kier molecular flexibility index (Phi) is 3.05. The van der Waals surface area contributed by atoms with Crippen LogP contribution in [-0.4, -0.2) is 9.97 Å². The molecule has 3 aromatic rings. The number of hydrogen-bond acceptors (Lipinski definition) is 4. The molecule has 2 aromatic carbocycles. The van der Waals surface area contributed by atoms with Crippen LogP contribution in [-0.2, 0) is 0 Å². The van der Waals surface area contributed by atoms with Gasteiger partial charge in [-0.2, -0.15) is 0 Å². The molecule has 0 aliphatic rings. The second kappa shape index (κ2) is 4.85. The molecule has 0 aliphatic carbocycles. The Morgan fingerprint density at radius 1 is 0.947 bits per heavy atom. The Bertz CT molecular complexity index is 746. The zero-order valence-electron chi connectivity index (χ0n) is 9.88. The first kappa shape index (κ1) is 11.9. The van der Waals surface area contributed by atoms with Crippen LogP contribution in [0.1, 0.15) is 0 Å². The number of anilines is 1. The first-order chi connectivity index (χ1) is 9.22. The number of halogens is 1. The van der Waals surface area contributed by atoms with Crippen LogP contribution in [0.5, 0.6) is 0 Å². The highest BCUT2D eigenvalue weighted by Crippen LogP contribution is 2.30. The molecule has 94 valence electrons. The highest BCUT2D eigenvalue weighted by molar-refractivity contribution is 7.99. The molecule has 0 fully saturated rings. The van der Waals surface area contributed by atoms with Gasteiger partial charge in [0.1, 0.15) is 10.8 Å². The predicted molar refractivity (Wildman–Crippen MR) is 74.5 cm³/mol. The minimum atomic E-state index is -0.280. The average Bonchev–Trinajstić information content (AvgIpc) is 2.40. The van der Waals surface area contributed by atoms with Crippen molar-refractivity contribution in [2.75, 3.05) is 5.73 Å². The summed E-state index contributed by atoms with van der Waals surface area (Å²) in [7, 11) is 0. The number of nitrogen functional groups attached to an aromatic ring is 1. The topological polar surface area (TPSA) is 51.8 Å². The van der Waals surface area contributed by atoms with Gasteiger partial charge in [-0.25, -0.2) is 14.4 Å². The minimum absolute atomic E-state index is 0.280. The van der Waals surface area contributed by atoms with Crippen molar-refractivity contribution in [3.05, 3.63) is 54.3 Å². The number of nitrogens with two attached hydrogens (primary N) is 1. The quantitative estimate of drug-likeness (QED) is 0.775. The number of nitrogens with zero attached hydrogens (tertiary/aromatic N) is 2. The van der Waals surface area contributed by atoms with Crippen LogP contribution in [0.2, 0.25) is 0 Å². The lowest BCUT2D eigenvalue weighted by atomic mass is 10.3. The fraction of sp³-hybridized carbons (Fsp3) is 0. The van der Waals surface area contributed by atoms with E-state index in [1.165, 1.54) is 23.9 Å². The van der Waals surface area contributed by atoms with Gasteiger partial charge in [0.25, 0.3) is 0 Å². The standard InChI is InChI=1S/C14H10FN3S/c15-9-4-3-5-10(8-9)19-14-13(16)17-11-6-1-2-7-12(11)18-14/h1-8H,(H2,16,17). The molecule has 0 saturated carbocycles. The van der Waals surface area contributed by atoms with Crippen molar-refractivity contribution in [2.45, 2.75) is 9.92 Å². The maximum absolute atomic E-state index is 13.1. The normalized spacial score (nSPS) is 10.8. The summed E-state index contributed by atoms with van der Waals surface area (Å²) in [4.78, 5) is 9.49. The highest BCUT2D eigenvalue weighted by Gasteiger charge is 2.08. The van der Waals surface area contributed by atoms with Crippen molar-refractivity contribution < 1.29 is 4.39 Å². The van der Waals surface area contributed by atoms with Crippen molar-refractivity contribution in [1.29, 1.82) is 0 Å². The van der Waals surface area contributed by atoms with Crippen molar-refractivity contribution in [2.24, 2.45) is 0 Å². The minimum Gasteiger partial charge on any atom is -0.381 e. The Morgan fingerprint density at radius 2 is 1.68 bits per heavy atom. The van der Waals surface area contributed by atoms with E-state index in [2.05, 4.69) is 9.97 Å². The number of fused-ring (bicyclic) bond motifs is 1. The smallest absolute Gasteiger partial charge is 0.157 e. The van der Waals surface area contributed by atoms with Crippen LogP contribution in [0.15, 0.2) is 58.5 Å². The van der Waals surface area contributed by atoms with E-state index < -0.39 is 0 Å². The molecule has 3 rings (SSSR count). The molecule has 0 unspecified atom stereocenters. The van der Waals surface area contributed by atoms with Gasteiger partial charge in [0.15, 0.2) is 5.82 Å². The van der Waals surface area contributed by atoms with E-state index in [0.717, 1.165) is 15.9 Å². The van der Waals surface area contributed by atoms with Gasteiger partial charge in [0, 0.05) is 4.90 Å². The highest BCUT2D eigenvalue weighted by atomic mass is 32.2. The van der Waals surface area contributed by atoms with Gasteiger partial charge in [0.05, 0.1) is 11.0 Å². The molecule has 0 spiro atoms. The molecule has 0 radical (unpaired) electrons. The lowest BCUT2D eigenvalue weighted by Gasteiger charge is -2.05. The van der Waals surface area contributed by atoms with Crippen LogP contribution in [0.4, 0.5) is 10.2 Å². The lowest BCUT2D eigenvalue weighted by Crippen LogP contribution is -1.97. The van der Waals surface area contributed by atoms with Crippen LogP contribution in [0.25, 0.3) is 11.0 Å². The largest absolute Gasteiger partial charge is 0.381 e. The number of benzene rings is 2. The Hall–Kier alpha value is -2.14. The summed E-state index contributed by atoms with van der Waals surface area (Å²) in [5.41, 5.74) is 7.41. The molecule has 0 saturated heterocycles. The summed E-state index contributed by atoms with van der Waals surface area (Å²) in [6.45, 7) is 0. The summed E-state index contributed by atoms with van der Waals surface area (Å²) in [6, 6.07) is 13.8. The van der Waals surface area contributed by atoms with Crippen LogP contribution >= 0.6 is 11.8 Å². The second-order valence-electron chi connectivity index (χ2n) is 3.96. The van der Waals surface area contributed by atoms with E-state index in [-0.39, 0.29) is 5.82 Å². The van der Waals surface area contributed by atoms with E-state index in [9.17, 15) is 4.39 Å². The van der Waals surface area contributed by atoms with Gasteiger partial charge in [-0.15, -0.1) is 0 Å². The second-order valence-corrected chi connectivity index (χ2v) is 5.02. The van der Waals surface area contributed by atoms with Crippen molar-refractivity contribution >= 4 is 28.6 Å². The average molecular weight is 271 g/mol. The first-order valence-electron chi connectivity index (χ1n) is 5.68. The lowest BCUT2D eigenvalue weighted by molar-refractivity contribution is 0.624. The van der Waals surface area contributed by atoms with E-state index in [4.69, 9.17) is 5.73 Å². The number of rotatable bonds is 2. The molecule has 0 atom stereocenters. The van der Waals surface area contributed by atoms with E-state index >= 15 is 0 Å². The predicted octanol–water partition coefficient (Wildman–Crippen LogP) is 3.50. The van der Waals surface area contributed by atoms with Gasteiger partial charge < -0.3 is 5.73 Å². The molecule has 0 aliphatic heterocycles. The third-order valence-corrected chi connectivity index (χ3v) is 3.56.